The van der Waals surface area contributed by atoms with Gasteiger partial charge in [0.05, 0.1) is 6.10 Å². The van der Waals surface area contributed by atoms with Crippen LogP contribution in [0.4, 0.5) is 11.9 Å². The lowest BCUT2D eigenvalue weighted by molar-refractivity contribution is 0.222. The summed E-state index contributed by atoms with van der Waals surface area (Å²) < 4.78 is 5.44. The lowest BCUT2D eigenvalue weighted by atomic mass is 10.2. The maximum absolute atomic E-state index is 5.66. The summed E-state index contributed by atoms with van der Waals surface area (Å²) >= 11 is 0. The van der Waals surface area contributed by atoms with Gasteiger partial charge in [-0.25, -0.2) is 0 Å². The number of anilines is 2. The number of nitrogens with two attached hydrogens (primary N) is 1. The van der Waals surface area contributed by atoms with Crippen LogP contribution < -0.4 is 15.4 Å². The van der Waals surface area contributed by atoms with E-state index >= 15 is 0 Å². The van der Waals surface area contributed by atoms with Gasteiger partial charge in [-0.05, 0) is 20.3 Å². The van der Waals surface area contributed by atoms with Crippen LogP contribution in [0.15, 0.2) is 0 Å². The Morgan fingerprint density at radius 1 is 1.22 bits per heavy atom. The highest BCUT2D eigenvalue weighted by molar-refractivity contribution is 5.34. The van der Waals surface area contributed by atoms with E-state index in [9.17, 15) is 0 Å². The van der Waals surface area contributed by atoms with Gasteiger partial charge in [-0.3, -0.25) is 0 Å². The van der Waals surface area contributed by atoms with E-state index in [-0.39, 0.29) is 18.1 Å². The fraction of sp³-hybridized carbons (Fsp3) is 0.750. The number of aromatic nitrogens is 3. The van der Waals surface area contributed by atoms with Crippen molar-refractivity contribution in [2.75, 3.05) is 24.2 Å². The molecule has 0 saturated heterocycles. The minimum Gasteiger partial charge on any atom is -0.461 e. The number of hydrogen-bond donors (Lipinski definition) is 1. The topological polar surface area (TPSA) is 77.2 Å². The van der Waals surface area contributed by atoms with Gasteiger partial charge in [-0.2, -0.15) is 15.0 Å². The Kier molecular flexibility index (Phi) is 5.61. The summed E-state index contributed by atoms with van der Waals surface area (Å²) in [5.41, 5.74) is 5.66. The molecule has 1 aromatic heterocycles. The second-order valence-electron chi connectivity index (χ2n) is 4.57. The van der Waals surface area contributed by atoms with Crippen molar-refractivity contribution in [3.8, 4) is 6.01 Å². The van der Waals surface area contributed by atoms with Gasteiger partial charge in [-0.1, -0.05) is 19.8 Å². The van der Waals surface area contributed by atoms with Crippen LogP contribution in [0.5, 0.6) is 6.01 Å². The van der Waals surface area contributed by atoms with Gasteiger partial charge in [0.2, 0.25) is 11.9 Å². The SMILES string of the molecule is CCCCCN(C)c1nc(N)nc(OC(C)C)n1. The largest absolute Gasteiger partial charge is 0.461 e. The molecule has 1 heterocycles. The first kappa shape index (κ1) is 14.5. The first-order valence-corrected chi connectivity index (χ1v) is 6.42. The second-order valence-corrected chi connectivity index (χ2v) is 4.57. The van der Waals surface area contributed by atoms with E-state index in [1.165, 1.54) is 12.8 Å². The summed E-state index contributed by atoms with van der Waals surface area (Å²) in [4.78, 5) is 14.3. The van der Waals surface area contributed by atoms with Crippen LogP contribution in [0.2, 0.25) is 0 Å². The standard InChI is InChI=1S/C12H23N5O/c1-5-6-7-8-17(4)11-14-10(13)15-12(16-11)18-9(2)3/h9H,5-8H2,1-4H3,(H2,13,14,15,16). The monoisotopic (exact) mass is 253 g/mol. The van der Waals surface area contributed by atoms with E-state index in [4.69, 9.17) is 10.5 Å². The molecule has 0 saturated carbocycles. The molecule has 0 spiro atoms. The molecule has 0 aliphatic carbocycles. The van der Waals surface area contributed by atoms with Crippen LogP contribution in [0.25, 0.3) is 0 Å². The number of nitrogens with zero attached hydrogens (tertiary/aromatic N) is 4. The lowest BCUT2D eigenvalue weighted by Gasteiger charge is -2.17. The van der Waals surface area contributed by atoms with E-state index in [1.807, 2.05) is 25.8 Å². The van der Waals surface area contributed by atoms with Gasteiger partial charge in [-0.15, -0.1) is 0 Å². The van der Waals surface area contributed by atoms with Crippen molar-refractivity contribution < 1.29 is 4.74 Å². The normalized spacial score (nSPS) is 10.7. The molecule has 0 bridgehead atoms. The van der Waals surface area contributed by atoms with Crippen molar-refractivity contribution in [2.24, 2.45) is 0 Å². The molecule has 0 atom stereocenters. The van der Waals surface area contributed by atoms with Crippen molar-refractivity contribution in [3.05, 3.63) is 0 Å². The van der Waals surface area contributed by atoms with Gasteiger partial charge >= 0.3 is 6.01 Å². The molecule has 0 radical (unpaired) electrons. The molecule has 1 rings (SSSR count). The van der Waals surface area contributed by atoms with Crippen molar-refractivity contribution in [1.29, 1.82) is 0 Å². The number of unbranched alkanes of at least 4 members (excludes halogenated alkanes) is 2. The highest BCUT2D eigenvalue weighted by Gasteiger charge is 2.10. The van der Waals surface area contributed by atoms with Crippen LogP contribution in [0.1, 0.15) is 40.0 Å². The summed E-state index contributed by atoms with van der Waals surface area (Å²) in [5.74, 6) is 0.757. The molecule has 0 fully saturated rings. The van der Waals surface area contributed by atoms with E-state index in [1.54, 1.807) is 0 Å². The Balaban J connectivity index is 2.71. The molecule has 0 amide bonds. The lowest BCUT2D eigenvalue weighted by Crippen LogP contribution is -2.22. The van der Waals surface area contributed by atoms with Gasteiger partial charge in [0, 0.05) is 13.6 Å². The summed E-state index contributed by atoms with van der Waals surface area (Å²) in [6, 6.07) is 0.287. The third-order valence-corrected chi connectivity index (χ3v) is 2.40. The average molecular weight is 253 g/mol. The van der Waals surface area contributed by atoms with E-state index < -0.39 is 0 Å². The molecule has 0 unspecified atom stereocenters. The van der Waals surface area contributed by atoms with E-state index in [2.05, 4.69) is 21.9 Å². The fourth-order valence-corrected chi connectivity index (χ4v) is 1.49. The molecule has 0 aliphatic rings. The smallest absolute Gasteiger partial charge is 0.323 e. The average Bonchev–Trinajstić information content (AvgIpc) is 2.27. The van der Waals surface area contributed by atoms with Gasteiger partial charge in [0.1, 0.15) is 0 Å². The highest BCUT2D eigenvalue weighted by atomic mass is 16.5. The van der Waals surface area contributed by atoms with Crippen LogP contribution >= 0.6 is 0 Å². The van der Waals surface area contributed by atoms with Crippen molar-refractivity contribution in [3.63, 3.8) is 0 Å². The molecule has 0 aliphatic heterocycles. The molecule has 2 N–H and O–H groups in total. The quantitative estimate of drug-likeness (QED) is 0.747. The van der Waals surface area contributed by atoms with Crippen LogP contribution in [-0.2, 0) is 0 Å². The Hall–Kier alpha value is -1.59. The van der Waals surface area contributed by atoms with Crippen LogP contribution in [0.3, 0.4) is 0 Å². The molecule has 1 aromatic rings. The number of ether oxygens (including phenoxy) is 1. The third-order valence-electron chi connectivity index (χ3n) is 2.40. The maximum Gasteiger partial charge on any atom is 0.323 e. The molecule has 102 valence electrons. The number of hydrogen-bond acceptors (Lipinski definition) is 6. The molecular formula is C12H23N5O. The Bertz CT molecular complexity index is 369. The van der Waals surface area contributed by atoms with Gasteiger partial charge < -0.3 is 15.4 Å². The van der Waals surface area contributed by atoms with Crippen LogP contribution in [-0.4, -0.2) is 34.6 Å². The third kappa shape index (κ3) is 4.73. The Morgan fingerprint density at radius 3 is 2.56 bits per heavy atom. The van der Waals surface area contributed by atoms with Crippen molar-refractivity contribution >= 4 is 11.9 Å². The molecule has 6 heteroatoms. The Labute approximate surface area is 109 Å². The minimum atomic E-state index is 0.0186. The predicted molar refractivity (Wildman–Crippen MR) is 72.8 cm³/mol. The molecule has 0 aromatic carbocycles. The summed E-state index contributed by atoms with van der Waals surface area (Å²) in [7, 11) is 1.95. The summed E-state index contributed by atoms with van der Waals surface area (Å²) in [6.07, 6.45) is 3.51. The zero-order valence-electron chi connectivity index (χ0n) is 11.7. The highest BCUT2D eigenvalue weighted by Crippen LogP contribution is 2.14. The van der Waals surface area contributed by atoms with Crippen molar-refractivity contribution in [1.82, 2.24) is 15.0 Å². The van der Waals surface area contributed by atoms with Gasteiger partial charge in [0.25, 0.3) is 0 Å². The zero-order valence-corrected chi connectivity index (χ0v) is 11.7. The number of nitrogen functional groups attached to an aromatic ring is 1. The predicted octanol–water partition coefficient (Wildman–Crippen LogP) is 1.87. The van der Waals surface area contributed by atoms with Crippen molar-refractivity contribution in [2.45, 2.75) is 46.1 Å². The number of rotatable bonds is 7. The first-order chi connectivity index (χ1) is 8.52. The summed E-state index contributed by atoms with van der Waals surface area (Å²) in [5, 5.41) is 0. The minimum absolute atomic E-state index is 0.0186. The van der Waals surface area contributed by atoms with Crippen LogP contribution in [0, 0.1) is 0 Å². The first-order valence-electron chi connectivity index (χ1n) is 6.42. The maximum atomic E-state index is 5.66. The fourth-order valence-electron chi connectivity index (χ4n) is 1.49. The van der Waals surface area contributed by atoms with E-state index in [0.717, 1.165) is 13.0 Å². The molecular weight excluding hydrogens is 230 g/mol. The molecule has 6 nitrogen and oxygen atoms in total. The van der Waals surface area contributed by atoms with Gasteiger partial charge in [0.15, 0.2) is 0 Å². The zero-order chi connectivity index (χ0) is 13.5. The van der Waals surface area contributed by atoms with E-state index in [0.29, 0.717) is 5.95 Å². The summed E-state index contributed by atoms with van der Waals surface area (Å²) in [6.45, 7) is 6.92. The Morgan fingerprint density at radius 2 is 1.94 bits per heavy atom. The molecule has 18 heavy (non-hydrogen) atoms. The second kappa shape index (κ2) is 6.98.